The van der Waals surface area contributed by atoms with Crippen molar-refractivity contribution in [1.29, 1.82) is 0 Å². The van der Waals surface area contributed by atoms with Crippen molar-refractivity contribution in [3.8, 4) is 16.9 Å². The molecule has 10 rings (SSSR count). The second kappa shape index (κ2) is 16.0. The fraction of sp³-hybridized carbons (Fsp3) is 0.543. The second-order valence-electron chi connectivity index (χ2n) is 18.2. The number of anilines is 2. The summed E-state index contributed by atoms with van der Waals surface area (Å²) in [6.45, 7) is 5.45. The number of ether oxygens (including phenoxy) is 1. The van der Waals surface area contributed by atoms with Crippen LogP contribution in [-0.2, 0) is 25.6 Å². The number of nitrogens with zero attached hydrogens (tertiary/aromatic N) is 6. The topological polar surface area (TPSA) is 166 Å². The van der Waals surface area contributed by atoms with Gasteiger partial charge in [0.05, 0.1) is 41.7 Å². The van der Waals surface area contributed by atoms with E-state index in [9.17, 15) is 28.8 Å². The number of nitrogens with one attached hydrogen (secondary N) is 2. The molecule has 6 amide bonds. The van der Waals surface area contributed by atoms with E-state index in [-0.39, 0.29) is 65.9 Å². The molecule has 15 heteroatoms. The van der Waals surface area contributed by atoms with E-state index in [1.807, 2.05) is 17.2 Å². The van der Waals surface area contributed by atoms with Crippen LogP contribution in [0.1, 0.15) is 116 Å². The molecule has 2 N–H and O–H groups in total. The minimum atomic E-state index is -0.997. The lowest BCUT2D eigenvalue weighted by Gasteiger charge is -2.38. The van der Waals surface area contributed by atoms with Gasteiger partial charge in [0.15, 0.2) is 0 Å². The van der Waals surface area contributed by atoms with Gasteiger partial charge in [0.1, 0.15) is 11.8 Å². The van der Waals surface area contributed by atoms with Crippen LogP contribution in [0.3, 0.4) is 0 Å². The molecule has 320 valence electrons. The average Bonchev–Trinajstić information content (AvgIpc) is 3.93. The van der Waals surface area contributed by atoms with E-state index < -0.39 is 29.7 Å². The fourth-order valence-electron chi connectivity index (χ4n) is 10.1. The summed E-state index contributed by atoms with van der Waals surface area (Å²) in [5.41, 5.74) is 5.58. The van der Waals surface area contributed by atoms with E-state index >= 15 is 0 Å². The lowest BCUT2D eigenvalue weighted by Crippen LogP contribution is -2.54. The number of carbonyl (C=O) groups is 6. The highest BCUT2D eigenvalue weighted by Crippen LogP contribution is 2.46. The van der Waals surface area contributed by atoms with Crippen LogP contribution in [0.2, 0.25) is 0 Å². The number of hydrogen-bond donors (Lipinski definition) is 2. The largest absolute Gasteiger partial charge is 0.489 e. The van der Waals surface area contributed by atoms with Crippen LogP contribution in [0.25, 0.3) is 11.1 Å². The first-order valence-corrected chi connectivity index (χ1v) is 22.4. The zero-order valence-electron chi connectivity index (χ0n) is 34.8. The van der Waals surface area contributed by atoms with Gasteiger partial charge in [0.25, 0.3) is 11.8 Å². The average molecular weight is 831 g/mol. The standard InChI is InChI=1S/C46H54N8O7/c1-27-5-9-36-38(53(27)44(58)28-6-7-28)12-11-34(42(36)61-33-3-2-4-33)29-24-47-52(25-29)31-17-19-50(20-18-31)26-41(56)48-30-15-21-51(22-16-30)32-8-10-35-37(23-32)46(60)54(45(35)59)39-13-14-40(55)49-43(39)57/h8,10-12,23-25,27-28,30-31,33,39H,2-7,9,13-22,26H2,1H3,(H,48,56)(H,49,55,57)/t27-,39?/m0/s1. The van der Waals surface area contributed by atoms with Gasteiger partial charge in [-0.3, -0.25) is 48.6 Å². The van der Waals surface area contributed by atoms with Crippen LogP contribution in [-0.4, -0.2) is 112 Å². The van der Waals surface area contributed by atoms with E-state index in [0.717, 1.165) is 116 Å². The van der Waals surface area contributed by atoms with Gasteiger partial charge in [0, 0.05) is 79.2 Å². The maximum Gasteiger partial charge on any atom is 0.262 e. The molecule has 7 aliphatic rings. The van der Waals surface area contributed by atoms with Gasteiger partial charge in [-0.05, 0) is 114 Å². The number of rotatable bonds is 10. The Bertz CT molecular complexity index is 2280. The molecule has 3 saturated heterocycles. The summed E-state index contributed by atoms with van der Waals surface area (Å²) in [4.78, 5) is 84.6. The summed E-state index contributed by atoms with van der Waals surface area (Å²) >= 11 is 0. The summed E-state index contributed by atoms with van der Waals surface area (Å²) in [5.74, 6) is -0.707. The molecule has 1 unspecified atom stereocenters. The van der Waals surface area contributed by atoms with Crippen molar-refractivity contribution in [1.82, 2.24) is 30.2 Å². The van der Waals surface area contributed by atoms with Gasteiger partial charge >= 0.3 is 0 Å². The Balaban J connectivity index is 0.718. The third kappa shape index (κ3) is 7.59. The molecule has 0 radical (unpaired) electrons. The van der Waals surface area contributed by atoms with E-state index in [1.165, 1.54) is 6.42 Å². The van der Waals surface area contributed by atoms with Crippen molar-refractivity contribution < 1.29 is 33.5 Å². The van der Waals surface area contributed by atoms with Crippen LogP contribution < -0.4 is 25.2 Å². The van der Waals surface area contributed by atoms with E-state index in [4.69, 9.17) is 9.84 Å². The first-order chi connectivity index (χ1) is 29.6. The summed E-state index contributed by atoms with van der Waals surface area (Å²) in [7, 11) is 0. The summed E-state index contributed by atoms with van der Waals surface area (Å²) in [6.07, 6.45) is 14.8. The Hall–Kier alpha value is -5.57. The molecule has 15 nitrogen and oxygen atoms in total. The number of fused-ring (bicyclic) bond motifs is 2. The predicted octanol–water partition coefficient (Wildman–Crippen LogP) is 4.38. The second-order valence-corrected chi connectivity index (χ2v) is 18.2. The van der Waals surface area contributed by atoms with Crippen LogP contribution >= 0.6 is 0 Å². The number of amides is 6. The van der Waals surface area contributed by atoms with E-state index in [2.05, 4.69) is 50.4 Å². The molecule has 5 fully saturated rings. The third-order valence-electron chi connectivity index (χ3n) is 14.1. The first-order valence-electron chi connectivity index (χ1n) is 22.4. The molecule has 1 aromatic heterocycles. The zero-order chi connectivity index (χ0) is 41.9. The maximum absolute atomic E-state index is 13.4. The monoisotopic (exact) mass is 830 g/mol. The highest BCUT2D eigenvalue weighted by molar-refractivity contribution is 6.23. The lowest BCUT2D eigenvalue weighted by atomic mass is 9.91. The molecule has 3 aromatic rings. The Labute approximate surface area is 355 Å². The molecule has 6 heterocycles. The van der Waals surface area contributed by atoms with E-state index in [1.54, 1.807) is 12.1 Å². The third-order valence-corrected chi connectivity index (χ3v) is 14.1. The number of likely N-dealkylation sites (tertiary alicyclic amines) is 1. The highest BCUT2D eigenvalue weighted by Gasteiger charge is 2.45. The molecular formula is C46H54N8O7. The summed E-state index contributed by atoms with van der Waals surface area (Å²) in [5, 5.41) is 10.3. The smallest absolute Gasteiger partial charge is 0.262 e. The number of aromatic nitrogens is 2. The van der Waals surface area contributed by atoms with Crippen molar-refractivity contribution in [3.05, 3.63) is 59.4 Å². The zero-order valence-corrected chi connectivity index (χ0v) is 34.8. The molecule has 5 aliphatic heterocycles. The number of hydrogen-bond acceptors (Lipinski definition) is 10. The summed E-state index contributed by atoms with van der Waals surface area (Å²) < 4.78 is 8.83. The van der Waals surface area contributed by atoms with Crippen LogP contribution in [0.5, 0.6) is 5.75 Å². The normalized spacial score (nSPS) is 24.0. The van der Waals surface area contributed by atoms with Crippen molar-refractivity contribution in [2.24, 2.45) is 5.92 Å². The van der Waals surface area contributed by atoms with Gasteiger partial charge in [-0.2, -0.15) is 5.10 Å². The van der Waals surface area contributed by atoms with Gasteiger partial charge in [-0.1, -0.05) is 0 Å². The number of carbonyl (C=O) groups excluding carboxylic acids is 6. The Morgan fingerprint density at radius 1 is 0.836 bits per heavy atom. The Morgan fingerprint density at radius 3 is 2.31 bits per heavy atom. The van der Waals surface area contributed by atoms with Crippen LogP contribution in [0.15, 0.2) is 42.7 Å². The summed E-state index contributed by atoms with van der Waals surface area (Å²) in [6, 6.07) is 8.89. The van der Waals surface area contributed by atoms with Gasteiger partial charge in [-0.15, -0.1) is 0 Å². The predicted molar refractivity (Wildman–Crippen MR) is 225 cm³/mol. The Morgan fingerprint density at radius 2 is 1.59 bits per heavy atom. The van der Waals surface area contributed by atoms with Crippen molar-refractivity contribution >= 4 is 46.8 Å². The van der Waals surface area contributed by atoms with Gasteiger partial charge in [-0.25, -0.2) is 0 Å². The van der Waals surface area contributed by atoms with Crippen LogP contribution in [0, 0.1) is 5.92 Å². The first kappa shape index (κ1) is 39.6. The molecule has 2 atom stereocenters. The number of imide groups is 2. The molecule has 2 aliphatic carbocycles. The van der Waals surface area contributed by atoms with Crippen molar-refractivity contribution in [2.45, 2.75) is 121 Å². The minimum Gasteiger partial charge on any atom is -0.489 e. The molecule has 2 saturated carbocycles. The lowest BCUT2D eigenvalue weighted by molar-refractivity contribution is -0.136. The van der Waals surface area contributed by atoms with Crippen LogP contribution in [0.4, 0.5) is 11.4 Å². The van der Waals surface area contributed by atoms with Crippen molar-refractivity contribution in [2.75, 3.05) is 42.5 Å². The molecular weight excluding hydrogens is 777 g/mol. The molecule has 61 heavy (non-hydrogen) atoms. The minimum absolute atomic E-state index is 0.0200. The fourth-order valence-corrected chi connectivity index (χ4v) is 10.1. The van der Waals surface area contributed by atoms with E-state index in [0.29, 0.717) is 19.6 Å². The van der Waals surface area contributed by atoms with Gasteiger partial charge in [0.2, 0.25) is 23.6 Å². The molecule has 0 spiro atoms. The molecule has 2 aromatic carbocycles. The molecule has 0 bridgehead atoms. The highest BCUT2D eigenvalue weighted by atomic mass is 16.5. The van der Waals surface area contributed by atoms with Crippen molar-refractivity contribution in [3.63, 3.8) is 0 Å². The SMILES string of the molecule is C[C@H]1CCc2c(ccc(-c3cnn(C4CCN(CC(=O)NC5CCN(c6ccc7c(c6)C(=O)N(C6CCC(=O)NC6=O)C7=O)CC5)CC4)c3)c2OC2CCC2)N1C(=O)C1CC1. The Kier molecular flexibility index (Phi) is 10.4. The number of piperidine rings is 3. The number of benzene rings is 2. The van der Waals surface area contributed by atoms with Gasteiger partial charge < -0.3 is 19.9 Å². The maximum atomic E-state index is 13.4. The quantitative estimate of drug-likeness (QED) is 0.280.